The van der Waals surface area contributed by atoms with Crippen molar-refractivity contribution in [2.75, 3.05) is 26.1 Å². The molecule has 0 fully saturated rings. The fraction of sp³-hybridized carbons (Fsp3) is 0.292. The number of sulfone groups is 1. The average Bonchev–Trinajstić information content (AvgIpc) is 2.84. The summed E-state index contributed by atoms with van der Waals surface area (Å²) in [5, 5.41) is 17.3. The Bertz CT molecular complexity index is 1300. The number of nitrogens with zero attached hydrogens (tertiary/aromatic N) is 1. The Kier molecular flexibility index (Phi) is 7.73. The summed E-state index contributed by atoms with van der Waals surface area (Å²) in [4.78, 5) is 20.8. The van der Waals surface area contributed by atoms with Gasteiger partial charge < -0.3 is 14.8 Å². The predicted molar refractivity (Wildman–Crippen MR) is 131 cm³/mol. The number of allylic oxidation sites excluding steroid dienone is 1. The third-order valence-corrected chi connectivity index (χ3v) is 8.01. The topological polar surface area (TPSA) is 137 Å². The lowest BCUT2D eigenvalue weighted by atomic mass is 10.0. The van der Waals surface area contributed by atoms with E-state index in [1.54, 1.807) is 0 Å². The van der Waals surface area contributed by atoms with Crippen molar-refractivity contribution in [3.63, 3.8) is 0 Å². The SMILES string of the molecule is COC1=CC(OC)(S(=O)(=O)c2ccccc2[N+](=O)[O-])C(NCC(=O)Nc2cc(C)ccc2C)C=C1. The van der Waals surface area contributed by atoms with E-state index in [9.17, 15) is 23.3 Å². The Labute approximate surface area is 203 Å². The highest BCUT2D eigenvalue weighted by Crippen LogP contribution is 2.39. The molecule has 2 unspecified atom stereocenters. The number of nitrogens with one attached hydrogen (secondary N) is 2. The van der Waals surface area contributed by atoms with Crippen LogP contribution >= 0.6 is 0 Å². The molecule has 2 atom stereocenters. The van der Waals surface area contributed by atoms with Gasteiger partial charge in [0.15, 0.2) is 0 Å². The van der Waals surface area contributed by atoms with Gasteiger partial charge in [0.25, 0.3) is 5.69 Å². The lowest BCUT2D eigenvalue weighted by molar-refractivity contribution is -0.387. The molecule has 0 saturated heterocycles. The van der Waals surface area contributed by atoms with Crippen molar-refractivity contribution in [1.29, 1.82) is 0 Å². The maximum atomic E-state index is 13.9. The number of rotatable bonds is 9. The molecule has 3 rings (SSSR count). The van der Waals surface area contributed by atoms with Crippen LogP contribution in [0.15, 0.2) is 71.3 Å². The Hall–Kier alpha value is -3.54. The molecule has 0 aliphatic heterocycles. The van der Waals surface area contributed by atoms with Crippen LogP contribution in [-0.4, -0.2) is 51.0 Å². The summed E-state index contributed by atoms with van der Waals surface area (Å²) in [7, 11) is -1.99. The number of ether oxygens (including phenoxy) is 2. The van der Waals surface area contributed by atoms with Crippen LogP contribution in [0, 0.1) is 24.0 Å². The fourth-order valence-corrected chi connectivity index (χ4v) is 5.82. The van der Waals surface area contributed by atoms with Crippen LogP contribution in [0.1, 0.15) is 11.1 Å². The van der Waals surface area contributed by atoms with E-state index >= 15 is 0 Å². The first-order chi connectivity index (χ1) is 16.6. The van der Waals surface area contributed by atoms with Crippen LogP contribution in [0.5, 0.6) is 0 Å². The molecule has 35 heavy (non-hydrogen) atoms. The van der Waals surface area contributed by atoms with Gasteiger partial charge in [-0.25, -0.2) is 8.42 Å². The molecule has 1 aliphatic carbocycles. The monoisotopic (exact) mass is 501 g/mol. The smallest absolute Gasteiger partial charge is 0.288 e. The summed E-state index contributed by atoms with van der Waals surface area (Å²) in [5.41, 5.74) is 1.90. The summed E-state index contributed by atoms with van der Waals surface area (Å²) in [6.45, 7) is 3.51. The van der Waals surface area contributed by atoms with Gasteiger partial charge in [-0.05, 0) is 43.2 Å². The molecule has 0 radical (unpaired) electrons. The lowest BCUT2D eigenvalue weighted by Crippen LogP contribution is -2.57. The second kappa shape index (κ2) is 10.4. The van der Waals surface area contributed by atoms with Crippen LogP contribution in [0.3, 0.4) is 0 Å². The van der Waals surface area contributed by atoms with Crippen LogP contribution in [0.25, 0.3) is 0 Å². The van der Waals surface area contributed by atoms with E-state index in [1.165, 1.54) is 44.6 Å². The number of carbonyl (C=O) groups is 1. The van der Waals surface area contributed by atoms with Crippen molar-refractivity contribution < 1.29 is 27.6 Å². The minimum Gasteiger partial charge on any atom is -0.497 e. The van der Waals surface area contributed by atoms with Crippen LogP contribution < -0.4 is 10.6 Å². The second-order valence-electron chi connectivity index (χ2n) is 7.99. The first kappa shape index (κ1) is 26.1. The minimum absolute atomic E-state index is 0.187. The van der Waals surface area contributed by atoms with E-state index in [0.29, 0.717) is 5.69 Å². The number of amides is 1. The van der Waals surface area contributed by atoms with E-state index in [-0.39, 0.29) is 12.3 Å². The molecule has 2 N–H and O–H groups in total. The zero-order valence-corrected chi connectivity index (χ0v) is 20.6. The molecule has 0 saturated carbocycles. The van der Waals surface area contributed by atoms with Crippen LogP contribution in [-0.2, 0) is 24.1 Å². The highest BCUT2D eigenvalue weighted by molar-refractivity contribution is 7.93. The molecular formula is C24H27N3O7S. The fourth-order valence-electron chi connectivity index (χ4n) is 3.81. The summed E-state index contributed by atoms with van der Waals surface area (Å²) in [6.07, 6.45) is 4.26. The molecule has 0 spiro atoms. The van der Waals surface area contributed by atoms with Crippen molar-refractivity contribution in [3.05, 3.63) is 87.7 Å². The molecule has 2 aromatic rings. The van der Waals surface area contributed by atoms with Gasteiger partial charge in [-0.1, -0.05) is 30.3 Å². The number of methoxy groups -OCH3 is 2. The zero-order chi connectivity index (χ0) is 25.8. The number of hydrogen-bond donors (Lipinski definition) is 2. The maximum Gasteiger partial charge on any atom is 0.288 e. The van der Waals surface area contributed by atoms with Crippen LogP contribution in [0.4, 0.5) is 11.4 Å². The molecular weight excluding hydrogens is 474 g/mol. The molecule has 186 valence electrons. The third-order valence-electron chi connectivity index (χ3n) is 5.71. The third kappa shape index (κ3) is 5.11. The van der Waals surface area contributed by atoms with Gasteiger partial charge in [-0.2, -0.15) is 0 Å². The quantitative estimate of drug-likeness (QED) is 0.395. The van der Waals surface area contributed by atoms with Gasteiger partial charge in [-0.15, -0.1) is 0 Å². The molecule has 0 aromatic heterocycles. The van der Waals surface area contributed by atoms with E-state index in [4.69, 9.17) is 9.47 Å². The Morgan fingerprint density at radius 1 is 1.17 bits per heavy atom. The number of anilines is 1. The van der Waals surface area contributed by atoms with Gasteiger partial charge in [0.05, 0.1) is 24.6 Å². The van der Waals surface area contributed by atoms with Crippen molar-refractivity contribution in [1.82, 2.24) is 5.32 Å². The van der Waals surface area contributed by atoms with E-state index < -0.39 is 42.2 Å². The molecule has 2 aromatic carbocycles. The van der Waals surface area contributed by atoms with Crippen molar-refractivity contribution in [3.8, 4) is 0 Å². The standard InChI is InChI=1S/C24H27N3O7S/c1-16-9-10-17(2)19(13-16)26-23(28)15-25-22-12-11-18(33-3)14-24(22,34-4)35(31,32)21-8-6-5-7-20(21)27(29)30/h5-14,22,25H,15H2,1-4H3,(H,26,28). The van der Waals surface area contributed by atoms with Crippen molar-refractivity contribution in [2.24, 2.45) is 0 Å². The lowest BCUT2D eigenvalue weighted by Gasteiger charge is -2.37. The van der Waals surface area contributed by atoms with Crippen molar-refractivity contribution >= 4 is 27.1 Å². The van der Waals surface area contributed by atoms with Gasteiger partial charge >= 0.3 is 0 Å². The summed E-state index contributed by atoms with van der Waals surface area (Å²) in [6, 6.07) is 9.60. The molecule has 0 heterocycles. The highest BCUT2D eigenvalue weighted by atomic mass is 32.2. The first-order valence-electron chi connectivity index (χ1n) is 10.6. The molecule has 10 nitrogen and oxygen atoms in total. The predicted octanol–water partition coefficient (Wildman–Crippen LogP) is 3.03. The maximum absolute atomic E-state index is 13.9. The molecule has 1 amide bonds. The van der Waals surface area contributed by atoms with Crippen LogP contribution in [0.2, 0.25) is 0 Å². The average molecular weight is 502 g/mol. The Balaban J connectivity index is 1.96. The van der Waals surface area contributed by atoms with E-state index in [0.717, 1.165) is 23.3 Å². The first-order valence-corrected chi connectivity index (χ1v) is 12.1. The number of carbonyl (C=O) groups excluding carboxylic acids is 1. The minimum atomic E-state index is -4.53. The van der Waals surface area contributed by atoms with Gasteiger partial charge in [-0.3, -0.25) is 20.2 Å². The Morgan fingerprint density at radius 2 is 1.89 bits per heavy atom. The Morgan fingerprint density at radius 3 is 2.54 bits per heavy atom. The number of nitro groups is 1. The second-order valence-corrected chi connectivity index (χ2v) is 10.1. The zero-order valence-electron chi connectivity index (χ0n) is 19.8. The van der Waals surface area contributed by atoms with Gasteiger partial charge in [0.2, 0.25) is 20.7 Å². The number of para-hydroxylation sites is 1. The van der Waals surface area contributed by atoms with E-state index in [2.05, 4.69) is 10.6 Å². The molecule has 0 bridgehead atoms. The molecule has 1 aliphatic rings. The van der Waals surface area contributed by atoms with Gasteiger partial charge in [0, 0.05) is 24.9 Å². The number of hydrogen-bond acceptors (Lipinski definition) is 8. The number of aryl methyl sites for hydroxylation is 2. The highest BCUT2D eigenvalue weighted by Gasteiger charge is 2.53. The largest absolute Gasteiger partial charge is 0.497 e. The summed E-state index contributed by atoms with van der Waals surface area (Å²) >= 11 is 0. The van der Waals surface area contributed by atoms with E-state index in [1.807, 2.05) is 32.0 Å². The molecule has 11 heteroatoms. The van der Waals surface area contributed by atoms with Gasteiger partial charge in [0.1, 0.15) is 10.7 Å². The number of nitro benzene ring substituents is 1. The summed E-state index contributed by atoms with van der Waals surface area (Å²) in [5.74, 6) is -0.214. The van der Waals surface area contributed by atoms with Crippen molar-refractivity contribution in [2.45, 2.75) is 29.7 Å². The summed E-state index contributed by atoms with van der Waals surface area (Å²) < 4.78 is 38.5. The number of benzene rings is 2. The normalized spacial score (nSPS) is 19.7.